The highest BCUT2D eigenvalue weighted by atomic mass is 14.9. The van der Waals surface area contributed by atoms with Crippen LogP contribution < -0.4 is 5.32 Å². The van der Waals surface area contributed by atoms with Crippen LogP contribution in [0.3, 0.4) is 0 Å². The van der Waals surface area contributed by atoms with Gasteiger partial charge in [0.15, 0.2) is 0 Å². The maximum atomic E-state index is 3.30. The molecule has 0 aromatic carbocycles. The molecule has 74 valence electrons. The molecular formula is C12H21N. The number of nitrogens with one attached hydrogen (secondary N) is 1. The third-order valence-corrected chi connectivity index (χ3v) is 3.60. The van der Waals surface area contributed by atoms with Gasteiger partial charge in [0.1, 0.15) is 0 Å². The van der Waals surface area contributed by atoms with Gasteiger partial charge in [0.2, 0.25) is 0 Å². The Bertz CT molecular complexity index is 183. The smallest absolute Gasteiger partial charge is 0.0180 e. The highest BCUT2D eigenvalue weighted by Crippen LogP contribution is 2.31. The molecule has 1 N–H and O–H groups in total. The summed E-state index contributed by atoms with van der Waals surface area (Å²) in [6.07, 6.45) is 9.87. The van der Waals surface area contributed by atoms with Gasteiger partial charge in [0.25, 0.3) is 0 Å². The molecule has 1 nitrogen and oxygen atoms in total. The first-order valence-corrected chi connectivity index (χ1v) is 5.76. The second-order valence-corrected chi connectivity index (χ2v) is 4.69. The molecule has 0 aromatic rings. The Balaban J connectivity index is 1.83. The lowest BCUT2D eigenvalue weighted by molar-refractivity contribution is 0.298. The van der Waals surface area contributed by atoms with Gasteiger partial charge in [-0.1, -0.05) is 32.3 Å². The van der Waals surface area contributed by atoms with E-state index in [1.165, 1.54) is 32.1 Å². The summed E-state index contributed by atoms with van der Waals surface area (Å²) in [7, 11) is 0. The minimum absolute atomic E-state index is 0.831. The Labute approximate surface area is 81.6 Å². The second kappa shape index (κ2) is 4.28. The number of allylic oxidation sites excluding steroid dienone is 1. The number of hydrogen-bond donors (Lipinski definition) is 1. The quantitative estimate of drug-likeness (QED) is 0.643. The summed E-state index contributed by atoms with van der Waals surface area (Å²) in [4.78, 5) is 0. The van der Waals surface area contributed by atoms with Gasteiger partial charge in [-0.25, -0.2) is 0 Å². The van der Waals surface area contributed by atoms with Crippen LogP contribution in [0.15, 0.2) is 11.6 Å². The number of rotatable bonds is 2. The van der Waals surface area contributed by atoms with Gasteiger partial charge in [-0.2, -0.15) is 0 Å². The lowest BCUT2D eigenvalue weighted by Crippen LogP contribution is -2.34. The van der Waals surface area contributed by atoms with Crippen molar-refractivity contribution in [3.8, 4) is 0 Å². The molecule has 0 bridgehead atoms. The van der Waals surface area contributed by atoms with Gasteiger partial charge >= 0.3 is 0 Å². The summed E-state index contributed by atoms with van der Waals surface area (Å²) in [5.41, 5.74) is 1.64. The van der Waals surface area contributed by atoms with Crippen LogP contribution in [-0.2, 0) is 0 Å². The van der Waals surface area contributed by atoms with Gasteiger partial charge in [-0.05, 0) is 30.3 Å². The molecule has 1 aliphatic carbocycles. The van der Waals surface area contributed by atoms with Crippen molar-refractivity contribution >= 4 is 0 Å². The molecule has 0 radical (unpaired) electrons. The summed E-state index contributed by atoms with van der Waals surface area (Å²) in [6.45, 7) is 4.70. The third-order valence-electron chi connectivity index (χ3n) is 3.60. The summed E-state index contributed by atoms with van der Waals surface area (Å²) < 4.78 is 0. The SMILES string of the molecule is CC(C=C1CNC1)C1CCCCC1. The first-order chi connectivity index (χ1) is 6.36. The molecular weight excluding hydrogens is 158 g/mol. The van der Waals surface area contributed by atoms with Gasteiger partial charge in [-0.15, -0.1) is 0 Å². The molecule has 0 aromatic heterocycles. The van der Waals surface area contributed by atoms with Crippen LogP contribution in [0.5, 0.6) is 0 Å². The average molecular weight is 179 g/mol. The largest absolute Gasteiger partial charge is 0.309 e. The van der Waals surface area contributed by atoms with Crippen molar-refractivity contribution in [3.63, 3.8) is 0 Å². The summed E-state index contributed by atoms with van der Waals surface area (Å²) in [5, 5.41) is 3.30. The van der Waals surface area contributed by atoms with Crippen molar-refractivity contribution in [1.29, 1.82) is 0 Å². The van der Waals surface area contributed by atoms with Crippen LogP contribution in [0.4, 0.5) is 0 Å². The molecule has 0 amide bonds. The molecule has 0 spiro atoms. The van der Waals surface area contributed by atoms with E-state index < -0.39 is 0 Å². The van der Waals surface area contributed by atoms with Crippen molar-refractivity contribution < 1.29 is 0 Å². The fourth-order valence-electron chi connectivity index (χ4n) is 2.56. The molecule has 1 aliphatic heterocycles. The minimum atomic E-state index is 0.831. The zero-order valence-corrected chi connectivity index (χ0v) is 8.68. The molecule has 1 atom stereocenters. The Hall–Kier alpha value is -0.300. The van der Waals surface area contributed by atoms with Crippen LogP contribution >= 0.6 is 0 Å². The Kier molecular flexibility index (Phi) is 3.05. The maximum absolute atomic E-state index is 3.30. The van der Waals surface area contributed by atoms with Crippen molar-refractivity contribution in [3.05, 3.63) is 11.6 Å². The van der Waals surface area contributed by atoms with Crippen molar-refractivity contribution in [2.45, 2.75) is 39.0 Å². The predicted molar refractivity (Wildman–Crippen MR) is 56.7 cm³/mol. The lowest BCUT2D eigenvalue weighted by Gasteiger charge is -2.28. The normalized spacial score (nSPS) is 26.7. The summed E-state index contributed by atoms with van der Waals surface area (Å²) >= 11 is 0. The van der Waals surface area contributed by atoms with E-state index in [1.54, 1.807) is 5.57 Å². The molecule has 2 fully saturated rings. The number of hydrogen-bond acceptors (Lipinski definition) is 1. The van der Waals surface area contributed by atoms with Gasteiger partial charge in [-0.3, -0.25) is 0 Å². The molecule has 1 saturated carbocycles. The fraction of sp³-hybridized carbons (Fsp3) is 0.833. The van der Waals surface area contributed by atoms with E-state index >= 15 is 0 Å². The monoisotopic (exact) mass is 179 g/mol. The Morgan fingerprint density at radius 3 is 2.46 bits per heavy atom. The first-order valence-electron chi connectivity index (χ1n) is 5.76. The molecule has 1 heteroatoms. The minimum Gasteiger partial charge on any atom is -0.309 e. The second-order valence-electron chi connectivity index (χ2n) is 4.69. The zero-order valence-electron chi connectivity index (χ0n) is 8.68. The van der Waals surface area contributed by atoms with E-state index in [0.29, 0.717) is 0 Å². The average Bonchev–Trinajstić information content (AvgIpc) is 2.12. The topological polar surface area (TPSA) is 12.0 Å². The summed E-state index contributed by atoms with van der Waals surface area (Å²) in [6, 6.07) is 0. The highest BCUT2D eigenvalue weighted by Gasteiger charge is 2.19. The molecule has 1 unspecified atom stereocenters. The molecule has 1 saturated heterocycles. The van der Waals surface area contributed by atoms with Crippen LogP contribution in [-0.4, -0.2) is 13.1 Å². The van der Waals surface area contributed by atoms with Crippen molar-refractivity contribution in [2.75, 3.05) is 13.1 Å². The van der Waals surface area contributed by atoms with Crippen molar-refractivity contribution in [2.24, 2.45) is 11.8 Å². The van der Waals surface area contributed by atoms with E-state index in [9.17, 15) is 0 Å². The third kappa shape index (κ3) is 2.34. The Morgan fingerprint density at radius 2 is 1.92 bits per heavy atom. The predicted octanol–water partition coefficient (Wildman–Crippen LogP) is 2.73. The zero-order chi connectivity index (χ0) is 9.10. The van der Waals surface area contributed by atoms with Gasteiger partial charge in [0, 0.05) is 13.1 Å². The van der Waals surface area contributed by atoms with Gasteiger partial charge < -0.3 is 5.32 Å². The molecule has 2 aliphatic rings. The maximum Gasteiger partial charge on any atom is 0.0180 e. The Morgan fingerprint density at radius 1 is 1.23 bits per heavy atom. The van der Waals surface area contributed by atoms with Gasteiger partial charge in [0.05, 0.1) is 0 Å². The van der Waals surface area contributed by atoms with Crippen molar-refractivity contribution in [1.82, 2.24) is 5.32 Å². The van der Waals surface area contributed by atoms with Crippen LogP contribution in [0, 0.1) is 11.8 Å². The van der Waals surface area contributed by atoms with E-state index in [2.05, 4.69) is 18.3 Å². The fourth-order valence-corrected chi connectivity index (χ4v) is 2.56. The first kappa shape index (κ1) is 9.26. The van der Waals surface area contributed by atoms with Crippen LogP contribution in [0.2, 0.25) is 0 Å². The van der Waals surface area contributed by atoms with E-state index in [1.807, 2.05) is 0 Å². The van der Waals surface area contributed by atoms with E-state index in [4.69, 9.17) is 0 Å². The highest BCUT2D eigenvalue weighted by molar-refractivity contribution is 5.15. The standard InChI is InChI=1S/C12H21N/c1-10(7-11-8-13-9-11)12-5-3-2-4-6-12/h7,10,12-13H,2-6,8-9H2,1H3. The van der Waals surface area contributed by atoms with Crippen LogP contribution in [0.25, 0.3) is 0 Å². The van der Waals surface area contributed by atoms with E-state index in [0.717, 1.165) is 24.9 Å². The molecule has 2 rings (SSSR count). The lowest BCUT2D eigenvalue weighted by atomic mass is 9.80. The summed E-state index contributed by atoms with van der Waals surface area (Å²) in [5.74, 6) is 1.82. The van der Waals surface area contributed by atoms with E-state index in [-0.39, 0.29) is 0 Å². The molecule has 13 heavy (non-hydrogen) atoms. The molecule has 1 heterocycles. The van der Waals surface area contributed by atoms with Crippen LogP contribution in [0.1, 0.15) is 39.0 Å².